The van der Waals surface area contributed by atoms with Crippen molar-refractivity contribution in [1.29, 1.82) is 0 Å². The van der Waals surface area contributed by atoms with E-state index in [9.17, 15) is 0 Å². The topological polar surface area (TPSA) is 86.2 Å². The van der Waals surface area contributed by atoms with E-state index in [4.69, 9.17) is 19.2 Å². The molecule has 0 aliphatic rings. The van der Waals surface area contributed by atoms with Gasteiger partial charge >= 0.3 is 0 Å². The summed E-state index contributed by atoms with van der Waals surface area (Å²) in [5.41, 5.74) is 0. The van der Waals surface area contributed by atoms with Gasteiger partial charge in [-0.05, 0) is 41.5 Å². The number of phosphoric acid groups is 1. The van der Waals surface area contributed by atoms with Gasteiger partial charge in [-0.25, -0.2) is 0 Å². The van der Waals surface area contributed by atoms with Crippen LogP contribution < -0.4 is 14.7 Å². The monoisotopic (exact) mass is 401 g/mol. The first-order valence-corrected chi connectivity index (χ1v) is 11.0. The Kier molecular flexibility index (Phi) is 20.6. The fourth-order valence-electron chi connectivity index (χ4n) is 0.671. The Morgan fingerprint density at radius 1 is 0.500 bits per heavy atom. The molecule has 0 saturated heterocycles. The second kappa shape index (κ2) is 16.0. The minimum Gasteiger partial charge on any atom is -0.822 e. The van der Waals surface area contributed by atoms with Crippen LogP contribution in [0.3, 0.4) is 0 Å². The van der Waals surface area contributed by atoms with Crippen LogP contribution in [0.5, 0.6) is 0 Å². The van der Waals surface area contributed by atoms with E-state index in [0.717, 1.165) is 13.4 Å². The lowest BCUT2D eigenvalue weighted by molar-refractivity contribution is -0.886. The van der Waals surface area contributed by atoms with Crippen molar-refractivity contribution in [3.8, 4) is 0 Å². The highest BCUT2D eigenvalue weighted by atomic mass is 31.2. The van der Waals surface area contributed by atoms with E-state index in [2.05, 4.69) is 83.8 Å². The van der Waals surface area contributed by atoms with Gasteiger partial charge < -0.3 is 32.7 Å². The van der Waals surface area contributed by atoms with Crippen molar-refractivity contribution in [2.24, 2.45) is 0 Å². The summed E-state index contributed by atoms with van der Waals surface area (Å²) in [5.74, 6) is 0. The molecule has 164 valence electrons. The Hall–Kier alpha value is -0.0100. The van der Waals surface area contributed by atoms with Crippen LogP contribution in [0.25, 0.3) is 0 Å². The molecule has 7 nitrogen and oxygen atoms in total. The fourth-order valence-corrected chi connectivity index (χ4v) is 0.671. The molecule has 0 amide bonds. The van der Waals surface area contributed by atoms with Gasteiger partial charge in [0.2, 0.25) is 0 Å². The number of nitrogens with zero attached hydrogens (tertiary/aromatic N) is 3. The number of rotatable bonds is 6. The van der Waals surface area contributed by atoms with Crippen molar-refractivity contribution < 1.29 is 32.7 Å². The van der Waals surface area contributed by atoms with Gasteiger partial charge in [-0.1, -0.05) is 0 Å². The summed E-state index contributed by atoms with van der Waals surface area (Å²) in [6.07, 6.45) is 0. The van der Waals surface area contributed by atoms with Crippen LogP contribution in [0.1, 0.15) is 41.5 Å². The molecule has 26 heavy (non-hydrogen) atoms. The van der Waals surface area contributed by atoms with Gasteiger partial charge in [0.15, 0.2) is 0 Å². The summed E-state index contributed by atoms with van der Waals surface area (Å²) in [5, 5.41) is 0. The molecule has 0 fully saturated rings. The van der Waals surface area contributed by atoms with Crippen molar-refractivity contribution in [2.45, 2.75) is 41.5 Å². The molecule has 0 aliphatic heterocycles. The van der Waals surface area contributed by atoms with Gasteiger partial charge in [-0.2, -0.15) is 7.82 Å². The highest BCUT2D eigenvalue weighted by Crippen LogP contribution is 2.03. The van der Waals surface area contributed by atoms with Crippen molar-refractivity contribution in [2.75, 3.05) is 81.6 Å². The molecule has 0 aliphatic carbocycles. The van der Waals surface area contributed by atoms with Gasteiger partial charge in [0.1, 0.15) is 0 Å². The van der Waals surface area contributed by atoms with E-state index in [1.54, 1.807) is 0 Å². The second-order valence-electron chi connectivity index (χ2n) is 8.15. The highest BCUT2D eigenvalue weighted by molar-refractivity contribution is 7.40. The van der Waals surface area contributed by atoms with Crippen LogP contribution in [0.2, 0.25) is 0 Å². The zero-order chi connectivity index (χ0) is 22.2. The lowest BCUT2D eigenvalue weighted by atomic mass is 10.5. The molecule has 0 aromatic rings. The summed E-state index contributed by atoms with van der Waals surface area (Å²) >= 11 is 0. The molecule has 0 heterocycles. The quantitative estimate of drug-likeness (QED) is 0.479. The standard InChI is InChI=1S/3C6H16N.H3O4P/c3*1-5-7(3,4)6-2;1-5(2,3)4/h3*5-6H2,1-4H3;(H3,1,2,3,4)/q3*+1;/p-3. The summed E-state index contributed by atoms with van der Waals surface area (Å²) < 4.78 is 12.0. The molecule has 0 atom stereocenters. The molecular formula is C18H48N3O4P. The Morgan fingerprint density at radius 2 is 0.577 bits per heavy atom. The predicted octanol–water partition coefficient (Wildman–Crippen LogP) is 0.483. The molecular weight excluding hydrogens is 353 g/mol. The molecule has 0 spiro atoms. The van der Waals surface area contributed by atoms with E-state index in [0.29, 0.717) is 0 Å². The molecule has 0 saturated carbocycles. The molecule has 0 N–H and O–H groups in total. The maximum atomic E-state index is 8.55. The fraction of sp³-hybridized carbons (Fsp3) is 1.00. The molecule has 0 rings (SSSR count). The highest BCUT2D eigenvalue weighted by Gasteiger charge is 2.05. The van der Waals surface area contributed by atoms with Crippen molar-refractivity contribution in [3.05, 3.63) is 0 Å². The third-order valence-corrected chi connectivity index (χ3v) is 5.14. The van der Waals surface area contributed by atoms with E-state index in [1.807, 2.05) is 0 Å². The van der Waals surface area contributed by atoms with Gasteiger partial charge in [-0.15, -0.1) is 0 Å². The Bertz CT molecular complexity index is 292. The molecule has 0 aromatic carbocycles. The van der Waals surface area contributed by atoms with Crippen LogP contribution >= 0.6 is 7.82 Å². The molecule has 0 radical (unpaired) electrons. The van der Waals surface area contributed by atoms with Crippen molar-refractivity contribution >= 4 is 7.82 Å². The number of hydrogen-bond donors (Lipinski definition) is 0. The van der Waals surface area contributed by atoms with Crippen LogP contribution in [-0.4, -0.2) is 95.0 Å². The maximum absolute atomic E-state index is 8.55. The van der Waals surface area contributed by atoms with Crippen LogP contribution in [0.4, 0.5) is 0 Å². The first-order valence-electron chi connectivity index (χ1n) is 9.55. The first-order chi connectivity index (χ1) is 11.4. The maximum Gasteiger partial charge on any atom is 0.0753 e. The Morgan fingerprint density at radius 3 is 0.577 bits per heavy atom. The zero-order valence-electron chi connectivity index (χ0n) is 19.7. The summed E-state index contributed by atoms with van der Waals surface area (Å²) in [7, 11) is 8.03. The van der Waals surface area contributed by atoms with Crippen molar-refractivity contribution in [1.82, 2.24) is 0 Å². The van der Waals surface area contributed by atoms with Crippen LogP contribution in [0, 0.1) is 0 Å². The van der Waals surface area contributed by atoms with Crippen molar-refractivity contribution in [3.63, 3.8) is 0 Å². The number of quaternary nitrogens is 3. The minimum absolute atomic E-state index is 1.14. The molecule has 0 unspecified atom stereocenters. The average Bonchev–Trinajstić information content (AvgIpc) is 2.54. The van der Waals surface area contributed by atoms with Gasteiger partial charge in [0, 0.05) is 0 Å². The smallest absolute Gasteiger partial charge is 0.0753 e. The first kappa shape index (κ1) is 33.6. The van der Waals surface area contributed by atoms with Gasteiger partial charge in [0.25, 0.3) is 0 Å². The van der Waals surface area contributed by atoms with Crippen LogP contribution in [0.15, 0.2) is 0 Å². The third-order valence-electron chi connectivity index (χ3n) is 5.14. The molecule has 8 heteroatoms. The lowest BCUT2D eigenvalue weighted by Crippen LogP contribution is -2.38. The van der Waals surface area contributed by atoms with Gasteiger partial charge in [-0.3, -0.25) is 0 Å². The van der Waals surface area contributed by atoms with E-state index in [-0.39, 0.29) is 0 Å². The van der Waals surface area contributed by atoms with E-state index < -0.39 is 7.82 Å². The third kappa shape index (κ3) is 39.2. The predicted molar refractivity (Wildman–Crippen MR) is 107 cm³/mol. The van der Waals surface area contributed by atoms with E-state index in [1.165, 1.54) is 39.3 Å². The largest absolute Gasteiger partial charge is 0.822 e. The van der Waals surface area contributed by atoms with Gasteiger partial charge in [0.05, 0.1) is 81.6 Å². The summed E-state index contributed by atoms with van der Waals surface area (Å²) in [4.78, 5) is 25.6. The summed E-state index contributed by atoms with van der Waals surface area (Å²) in [6, 6.07) is 0. The zero-order valence-corrected chi connectivity index (χ0v) is 20.6. The Labute approximate surface area is 164 Å². The van der Waals surface area contributed by atoms with Crippen LogP contribution in [-0.2, 0) is 4.57 Å². The number of hydrogen-bond acceptors (Lipinski definition) is 4. The average molecular weight is 402 g/mol. The molecule has 0 aromatic heterocycles. The Balaban J connectivity index is -0.000000125. The van der Waals surface area contributed by atoms with E-state index >= 15 is 0 Å². The normalized spacial score (nSPS) is 12.0. The summed E-state index contributed by atoms with van der Waals surface area (Å²) in [6.45, 7) is 20.7. The lowest BCUT2D eigenvalue weighted by Gasteiger charge is -2.36. The minimum atomic E-state index is -5.39. The SMILES string of the molecule is CC[N+](C)(C)CC.CC[N+](C)(C)CC.CC[N+](C)(C)CC.O=P([O-])([O-])[O-]. The second-order valence-corrected chi connectivity index (χ2v) is 9.05. The molecule has 0 bridgehead atoms.